The highest BCUT2D eigenvalue weighted by atomic mass is 19.4. The van der Waals surface area contributed by atoms with Crippen LogP contribution < -0.4 is 0 Å². The van der Waals surface area contributed by atoms with E-state index in [0.717, 1.165) is 16.8 Å². The monoisotopic (exact) mass is 245 g/mol. The van der Waals surface area contributed by atoms with Gasteiger partial charge in [0.15, 0.2) is 0 Å². The Morgan fingerprint density at radius 3 is 2.76 bits per heavy atom. The first-order valence-electron chi connectivity index (χ1n) is 4.49. The van der Waals surface area contributed by atoms with E-state index in [-0.39, 0.29) is 11.2 Å². The fraction of sp³-hybridized carbons (Fsp3) is 0.222. The molecule has 5 nitrogen and oxygen atoms in total. The second-order valence-corrected chi connectivity index (χ2v) is 3.28. The molecule has 2 rings (SSSR count). The van der Waals surface area contributed by atoms with Crippen LogP contribution in [0.1, 0.15) is 11.5 Å². The molecule has 0 saturated carbocycles. The number of aliphatic carboxylic acids is 1. The van der Waals surface area contributed by atoms with Crippen molar-refractivity contribution in [2.45, 2.75) is 12.6 Å². The van der Waals surface area contributed by atoms with Gasteiger partial charge in [0, 0.05) is 12.4 Å². The molecule has 0 aliphatic rings. The highest BCUT2D eigenvalue weighted by Gasteiger charge is 2.37. The molecule has 0 saturated heterocycles. The molecule has 0 amide bonds. The lowest BCUT2D eigenvalue weighted by molar-refractivity contribution is -0.145. The summed E-state index contributed by atoms with van der Waals surface area (Å²) in [5.41, 5.74) is -0.111. The number of halogens is 3. The molecule has 0 aliphatic carbocycles. The van der Waals surface area contributed by atoms with Gasteiger partial charge in [0.05, 0.1) is 23.8 Å². The molecule has 2 aromatic heterocycles. The van der Waals surface area contributed by atoms with Crippen molar-refractivity contribution in [3.05, 3.63) is 30.1 Å². The zero-order valence-electron chi connectivity index (χ0n) is 8.27. The Kier molecular flexibility index (Phi) is 2.49. The third-order valence-electron chi connectivity index (χ3n) is 2.10. The van der Waals surface area contributed by atoms with E-state index in [0.29, 0.717) is 0 Å². The summed E-state index contributed by atoms with van der Waals surface area (Å²) in [5, 5.41) is 8.59. The smallest absolute Gasteiger partial charge is 0.450 e. The second kappa shape index (κ2) is 3.72. The number of carboxylic acid groups (broad SMARTS) is 1. The van der Waals surface area contributed by atoms with E-state index in [1.165, 1.54) is 6.20 Å². The maximum Gasteiger partial charge on any atom is 0.450 e. The van der Waals surface area contributed by atoms with Crippen LogP contribution in [-0.2, 0) is 17.4 Å². The Labute approximate surface area is 92.5 Å². The van der Waals surface area contributed by atoms with E-state index < -0.39 is 24.4 Å². The molecule has 0 fully saturated rings. The van der Waals surface area contributed by atoms with Crippen molar-refractivity contribution in [1.29, 1.82) is 0 Å². The fourth-order valence-electron chi connectivity index (χ4n) is 1.47. The van der Waals surface area contributed by atoms with Crippen LogP contribution >= 0.6 is 0 Å². The minimum atomic E-state index is -4.64. The van der Waals surface area contributed by atoms with Crippen molar-refractivity contribution in [3.8, 4) is 0 Å². The van der Waals surface area contributed by atoms with Gasteiger partial charge in [-0.2, -0.15) is 13.2 Å². The van der Waals surface area contributed by atoms with Crippen molar-refractivity contribution < 1.29 is 23.1 Å². The first-order valence-corrected chi connectivity index (χ1v) is 4.49. The minimum absolute atomic E-state index is 0.0437. The largest absolute Gasteiger partial charge is 0.481 e. The maximum atomic E-state index is 12.6. The number of carbonyl (C=O) groups is 1. The Hall–Kier alpha value is -2.12. The van der Waals surface area contributed by atoms with Crippen molar-refractivity contribution in [2.24, 2.45) is 0 Å². The number of rotatable bonds is 2. The Morgan fingerprint density at radius 2 is 2.18 bits per heavy atom. The summed E-state index contributed by atoms with van der Waals surface area (Å²) in [6, 6.07) is 0. The van der Waals surface area contributed by atoms with Gasteiger partial charge in [-0.05, 0) is 0 Å². The van der Waals surface area contributed by atoms with Crippen LogP contribution in [0.3, 0.4) is 0 Å². The van der Waals surface area contributed by atoms with Crippen LogP contribution in [0, 0.1) is 0 Å². The average molecular weight is 245 g/mol. The number of hydrogen-bond donors (Lipinski definition) is 1. The Balaban J connectivity index is 2.67. The van der Waals surface area contributed by atoms with Crippen LogP contribution in [-0.4, -0.2) is 25.4 Å². The number of nitrogens with zero attached hydrogens (tertiary/aromatic N) is 3. The first-order chi connectivity index (χ1) is 7.89. The number of alkyl halides is 3. The maximum absolute atomic E-state index is 12.6. The predicted molar refractivity (Wildman–Crippen MR) is 49.3 cm³/mol. The van der Waals surface area contributed by atoms with Gasteiger partial charge in [0.1, 0.15) is 0 Å². The van der Waals surface area contributed by atoms with Crippen LogP contribution in [0.15, 0.2) is 18.6 Å². The van der Waals surface area contributed by atoms with Gasteiger partial charge in [-0.1, -0.05) is 0 Å². The molecule has 0 unspecified atom stereocenters. The first kappa shape index (κ1) is 11.4. The molecule has 90 valence electrons. The van der Waals surface area contributed by atoms with E-state index in [4.69, 9.17) is 5.11 Å². The van der Waals surface area contributed by atoms with E-state index in [9.17, 15) is 18.0 Å². The van der Waals surface area contributed by atoms with E-state index in [1.807, 2.05) is 0 Å². The highest BCUT2D eigenvalue weighted by molar-refractivity contribution is 5.73. The average Bonchev–Trinajstić information content (AvgIpc) is 2.56. The molecule has 17 heavy (non-hydrogen) atoms. The fourth-order valence-corrected chi connectivity index (χ4v) is 1.47. The second-order valence-electron chi connectivity index (χ2n) is 3.28. The molecule has 0 atom stereocenters. The van der Waals surface area contributed by atoms with Crippen molar-refractivity contribution in [3.63, 3.8) is 0 Å². The highest BCUT2D eigenvalue weighted by Crippen LogP contribution is 2.29. The van der Waals surface area contributed by atoms with Gasteiger partial charge in [-0.15, -0.1) is 0 Å². The van der Waals surface area contributed by atoms with Crippen LogP contribution in [0.5, 0.6) is 0 Å². The number of imidazole rings is 1. The molecular formula is C9H6F3N3O2. The SMILES string of the molecule is O=C(O)Cc1nc(C(F)(F)F)n2ccncc12. The number of aromatic nitrogens is 3. The van der Waals surface area contributed by atoms with E-state index >= 15 is 0 Å². The molecule has 2 heterocycles. The molecule has 8 heteroatoms. The van der Waals surface area contributed by atoms with Gasteiger partial charge >= 0.3 is 12.1 Å². The van der Waals surface area contributed by atoms with E-state index in [2.05, 4.69) is 9.97 Å². The molecule has 0 aromatic carbocycles. The summed E-state index contributed by atoms with van der Waals surface area (Å²) >= 11 is 0. The molecule has 2 aromatic rings. The van der Waals surface area contributed by atoms with Gasteiger partial charge in [-0.25, -0.2) is 4.98 Å². The summed E-state index contributed by atoms with van der Waals surface area (Å²) < 4.78 is 38.6. The van der Waals surface area contributed by atoms with Gasteiger partial charge in [0.2, 0.25) is 5.82 Å². The normalized spacial score (nSPS) is 11.9. The van der Waals surface area contributed by atoms with Gasteiger partial charge in [-0.3, -0.25) is 14.2 Å². The Morgan fingerprint density at radius 1 is 1.47 bits per heavy atom. The standard InChI is InChI=1S/C9H6F3N3O2/c10-9(11,12)8-14-5(3-7(16)17)6-4-13-1-2-15(6)8/h1-2,4H,3H2,(H,16,17). The minimum Gasteiger partial charge on any atom is -0.481 e. The number of carboxylic acids is 1. The van der Waals surface area contributed by atoms with Gasteiger partial charge in [0.25, 0.3) is 0 Å². The van der Waals surface area contributed by atoms with Crippen LogP contribution in [0.2, 0.25) is 0 Å². The molecule has 0 spiro atoms. The molecular weight excluding hydrogens is 239 g/mol. The summed E-state index contributed by atoms with van der Waals surface area (Å²) in [6.45, 7) is 0. The predicted octanol–water partition coefficient (Wildman–Crippen LogP) is 1.38. The molecule has 0 bridgehead atoms. The summed E-state index contributed by atoms with van der Waals surface area (Å²) in [6.07, 6.45) is -1.79. The molecule has 0 radical (unpaired) electrons. The molecule has 1 N–H and O–H groups in total. The number of fused-ring (bicyclic) bond motifs is 1. The lowest BCUT2D eigenvalue weighted by Crippen LogP contribution is -2.10. The van der Waals surface area contributed by atoms with Crippen molar-refractivity contribution in [2.75, 3.05) is 0 Å². The zero-order valence-corrected chi connectivity index (χ0v) is 8.27. The lowest BCUT2D eigenvalue weighted by Gasteiger charge is -2.03. The van der Waals surface area contributed by atoms with Crippen LogP contribution in [0.25, 0.3) is 5.52 Å². The van der Waals surface area contributed by atoms with E-state index in [1.54, 1.807) is 0 Å². The lowest BCUT2D eigenvalue weighted by atomic mass is 10.3. The third-order valence-corrected chi connectivity index (χ3v) is 2.10. The van der Waals surface area contributed by atoms with Crippen molar-refractivity contribution >= 4 is 11.5 Å². The summed E-state index contributed by atoms with van der Waals surface area (Å²) in [4.78, 5) is 17.5. The topological polar surface area (TPSA) is 67.5 Å². The summed E-state index contributed by atoms with van der Waals surface area (Å²) in [7, 11) is 0. The quantitative estimate of drug-likeness (QED) is 0.867. The van der Waals surface area contributed by atoms with Crippen molar-refractivity contribution in [1.82, 2.24) is 14.4 Å². The zero-order chi connectivity index (χ0) is 12.6. The summed E-state index contributed by atoms with van der Waals surface area (Å²) in [5.74, 6) is -2.39. The number of hydrogen-bond acceptors (Lipinski definition) is 3. The third kappa shape index (κ3) is 2.05. The van der Waals surface area contributed by atoms with Gasteiger partial charge < -0.3 is 5.11 Å². The Bertz CT molecular complexity index is 576. The van der Waals surface area contributed by atoms with Crippen LogP contribution in [0.4, 0.5) is 13.2 Å². The molecule has 0 aliphatic heterocycles.